The summed E-state index contributed by atoms with van der Waals surface area (Å²) in [6.07, 6.45) is 5.62. The number of rotatable bonds is 8. The van der Waals surface area contributed by atoms with Crippen LogP contribution in [-0.4, -0.2) is 112 Å². The first-order valence-electron chi connectivity index (χ1n) is 21.8. The molecule has 6 bridgehead atoms. The van der Waals surface area contributed by atoms with Gasteiger partial charge in [0.05, 0.1) is 34.8 Å². The van der Waals surface area contributed by atoms with E-state index in [0.717, 1.165) is 70.6 Å². The molecule has 1 aliphatic carbocycles. The van der Waals surface area contributed by atoms with Crippen LogP contribution in [0.3, 0.4) is 0 Å². The molecule has 1 unspecified atom stereocenters. The maximum Gasteiger partial charge on any atom is 0.324 e. The maximum atomic E-state index is 14.5. The van der Waals surface area contributed by atoms with Crippen LogP contribution in [0.5, 0.6) is 0 Å². The lowest BCUT2D eigenvalue weighted by Crippen LogP contribution is -2.63. The number of hydrazine groups is 1. The Morgan fingerprint density at radius 3 is 2.62 bits per heavy atom. The molecular weight excluding hydrogens is 793 g/mol. The van der Waals surface area contributed by atoms with Gasteiger partial charge in [-0.3, -0.25) is 24.4 Å². The minimum Gasteiger partial charge on any atom is -0.464 e. The highest BCUT2D eigenvalue weighted by Crippen LogP contribution is 2.53. The van der Waals surface area contributed by atoms with E-state index in [1.54, 1.807) is 20.4 Å². The molecular formula is C46H60N8O6S. The minimum atomic E-state index is -1.02. The van der Waals surface area contributed by atoms with Crippen molar-refractivity contribution in [3.8, 4) is 22.5 Å². The average molecular weight is 853 g/mol. The molecule has 61 heavy (non-hydrogen) atoms. The van der Waals surface area contributed by atoms with Crippen molar-refractivity contribution in [3.05, 3.63) is 58.2 Å². The molecule has 8 rings (SSSR count). The molecule has 2 saturated heterocycles. The lowest BCUT2D eigenvalue weighted by atomic mass is 9.84. The molecule has 326 valence electrons. The van der Waals surface area contributed by atoms with Crippen LogP contribution in [-0.2, 0) is 43.2 Å². The lowest BCUT2D eigenvalue weighted by Gasteiger charge is -2.44. The van der Waals surface area contributed by atoms with Gasteiger partial charge in [-0.25, -0.2) is 15.2 Å². The highest BCUT2D eigenvalue weighted by Gasteiger charge is 2.55. The van der Waals surface area contributed by atoms with E-state index in [2.05, 4.69) is 60.3 Å². The summed E-state index contributed by atoms with van der Waals surface area (Å²) >= 11 is 1.44. The van der Waals surface area contributed by atoms with Gasteiger partial charge in [-0.1, -0.05) is 33.8 Å². The molecule has 3 aliphatic heterocycles. The first-order chi connectivity index (χ1) is 29.1. The Labute approximate surface area is 362 Å². The Hall–Kier alpha value is -4.86. The number of nitrogens with one attached hydrogen (secondary N) is 2. The lowest BCUT2D eigenvalue weighted by molar-refractivity contribution is -0.155. The van der Waals surface area contributed by atoms with Gasteiger partial charge < -0.3 is 29.2 Å². The largest absolute Gasteiger partial charge is 0.464 e. The van der Waals surface area contributed by atoms with Crippen molar-refractivity contribution in [2.45, 2.75) is 111 Å². The molecule has 14 nitrogen and oxygen atoms in total. The van der Waals surface area contributed by atoms with E-state index in [0.29, 0.717) is 37.4 Å². The zero-order chi connectivity index (χ0) is 43.4. The molecule has 0 radical (unpaired) electrons. The summed E-state index contributed by atoms with van der Waals surface area (Å²) in [6, 6.07) is 7.72. The molecule has 1 spiro atoms. The molecule has 2 N–H and O–H groups in total. The Bertz CT molecular complexity index is 2320. The molecule has 6 heterocycles. The first-order valence-corrected chi connectivity index (χ1v) is 22.6. The summed E-state index contributed by atoms with van der Waals surface area (Å²) in [5.74, 6) is -1.45. The van der Waals surface area contributed by atoms with Crippen LogP contribution in [0.1, 0.15) is 89.6 Å². The number of esters is 1. The van der Waals surface area contributed by atoms with Crippen LogP contribution in [0.15, 0.2) is 41.9 Å². The predicted molar refractivity (Wildman–Crippen MR) is 234 cm³/mol. The number of likely N-dealkylation sites (tertiary alicyclic amines) is 1. The average Bonchev–Trinajstić information content (AvgIpc) is 3.82. The van der Waals surface area contributed by atoms with E-state index in [9.17, 15) is 19.2 Å². The van der Waals surface area contributed by atoms with Crippen molar-refractivity contribution in [1.29, 1.82) is 0 Å². The van der Waals surface area contributed by atoms with E-state index in [4.69, 9.17) is 19.4 Å². The number of thiazole rings is 1. The monoisotopic (exact) mass is 852 g/mol. The number of aromatic nitrogens is 3. The molecule has 4 atom stereocenters. The number of amides is 4. The van der Waals surface area contributed by atoms with Crippen LogP contribution in [0, 0.1) is 16.7 Å². The highest BCUT2D eigenvalue weighted by atomic mass is 32.1. The summed E-state index contributed by atoms with van der Waals surface area (Å²) in [4.78, 5) is 69.5. The van der Waals surface area contributed by atoms with Gasteiger partial charge in [-0.05, 0) is 81.7 Å². The second kappa shape index (κ2) is 16.8. The van der Waals surface area contributed by atoms with Crippen molar-refractivity contribution in [2.75, 3.05) is 40.4 Å². The van der Waals surface area contributed by atoms with Crippen molar-refractivity contribution in [2.24, 2.45) is 16.7 Å². The third-order valence-electron chi connectivity index (χ3n) is 13.1. The smallest absolute Gasteiger partial charge is 0.324 e. The number of carbonyl (C=O) groups is 4. The van der Waals surface area contributed by atoms with Crippen LogP contribution in [0.25, 0.3) is 33.4 Å². The molecule has 3 aromatic heterocycles. The fraction of sp³-hybridized carbons (Fsp3) is 0.565. The zero-order valence-electron chi connectivity index (χ0n) is 36.7. The van der Waals surface area contributed by atoms with Crippen molar-refractivity contribution in [3.63, 3.8) is 0 Å². The number of hydrogen-bond donors (Lipinski definition) is 2. The second-order valence-electron chi connectivity index (χ2n) is 18.7. The standard InChI is InChI=1S/C46H60N8O6S/c1-9-53-36-15-14-29-20-31(36)32(40(53)30-12-10-18-47-38(30)28(4)59-8)22-45(5,6)26-60-43(57)33-13-11-19-54(50-33)42(56)34(21-37-48-35(29)23-61-37)49-41(55)39(27(2)3)51(7)44(58)52-24-46(25-52)16-17-46/h10,12,14-15,18,20,23,27-28,33-34,39,50H,9,11,13,16-17,19,21-22,24-26H2,1-8H3,(H,49,55)/t28-,33-,34-,39?/m0/s1. The number of nitrogens with zero attached hydrogens (tertiary/aromatic N) is 6. The molecule has 4 amide bonds. The quantitative estimate of drug-likeness (QED) is 0.193. The molecule has 4 aliphatic rings. The Kier molecular flexibility index (Phi) is 11.8. The van der Waals surface area contributed by atoms with E-state index in [1.165, 1.54) is 21.2 Å². The molecule has 3 fully saturated rings. The Morgan fingerprint density at radius 1 is 1.15 bits per heavy atom. The number of pyridine rings is 1. The minimum absolute atomic E-state index is 0.124. The Morgan fingerprint density at radius 2 is 1.92 bits per heavy atom. The Balaban J connectivity index is 1.18. The third kappa shape index (κ3) is 8.40. The third-order valence-corrected chi connectivity index (χ3v) is 13.9. The van der Waals surface area contributed by atoms with Gasteiger partial charge in [-0.2, -0.15) is 0 Å². The summed E-state index contributed by atoms with van der Waals surface area (Å²) in [7, 11) is 3.36. The van der Waals surface area contributed by atoms with E-state index in [1.807, 2.05) is 37.1 Å². The van der Waals surface area contributed by atoms with Gasteiger partial charge in [0.2, 0.25) is 5.91 Å². The van der Waals surface area contributed by atoms with Gasteiger partial charge in [0.15, 0.2) is 0 Å². The van der Waals surface area contributed by atoms with Crippen molar-refractivity contribution >= 4 is 46.1 Å². The van der Waals surface area contributed by atoms with Gasteiger partial charge >= 0.3 is 12.0 Å². The SMILES string of the molecule is CCn1c(-c2cccnc2[C@H](C)OC)c2c3cc(ccc31)-c1csc(n1)C[C@H](NC(=O)C(C(C)C)N(C)C(=O)N1CC3(CC3)C1)C(=O)N1CCC[C@H](N1)C(=O)OCC(C)(C)C2. The van der Waals surface area contributed by atoms with Gasteiger partial charge in [0.1, 0.15) is 18.1 Å². The van der Waals surface area contributed by atoms with E-state index >= 15 is 0 Å². The van der Waals surface area contributed by atoms with Crippen molar-refractivity contribution < 1.29 is 28.7 Å². The van der Waals surface area contributed by atoms with E-state index < -0.39 is 35.4 Å². The number of hydrogen-bond acceptors (Lipinski definition) is 10. The van der Waals surface area contributed by atoms with Crippen LogP contribution < -0.4 is 10.7 Å². The topological polar surface area (TPSA) is 151 Å². The van der Waals surface area contributed by atoms with Crippen LogP contribution >= 0.6 is 11.3 Å². The fourth-order valence-electron chi connectivity index (χ4n) is 9.48. The number of carbonyl (C=O) groups excluding carboxylic acids is 4. The number of fused-ring (bicyclic) bond motifs is 6. The molecule has 1 aromatic carbocycles. The van der Waals surface area contributed by atoms with Crippen LogP contribution in [0.2, 0.25) is 0 Å². The highest BCUT2D eigenvalue weighted by molar-refractivity contribution is 7.10. The maximum absolute atomic E-state index is 14.5. The summed E-state index contributed by atoms with van der Waals surface area (Å²) < 4.78 is 14.2. The van der Waals surface area contributed by atoms with Crippen LogP contribution in [0.4, 0.5) is 4.79 Å². The van der Waals surface area contributed by atoms with Crippen molar-refractivity contribution in [1.82, 2.24) is 40.1 Å². The number of methoxy groups -OCH3 is 1. The summed E-state index contributed by atoms with van der Waals surface area (Å²) in [5.41, 5.74) is 9.71. The zero-order valence-corrected chi connectivity index (χ0v) is 37.6. The number of cyclic esters (lactones) is 1. The fourth-order valence-corrected chi connectivity index (χ4v) is 10.3. The molecule has 4 aromatic rings. The number of benzene rings is 1. The number of urea groups is 1. The second-order valence-corrected chi connectivity index (χ2v) is 19.7. The van der Waals surface area contributed by atoms with Gasteiger partial charge in [-0.15, -0.1) is 11.3 Å². The predicted octanol–water partition coefficient (Wildman–Crippen LogP) is 6.37. The van der Waals surface area contributed by atoms with Gasteiger partial charge in [0, 0.05) is 91.2 Å². The number of likely N-dealkylation sites (N-methyl/N-ethyl adjacent to an activating group) is 1. The van der Waals surface area contributed by atoms with Gasteiger partial charge in [0.25, 0.3) is 5.91 Å². The molecule has 1 saturated carbocycles. The molecule has 15 heteroatoms. The summed E-state index contributed by atoms with van der Waals surface area (Å²) in [5, 5.41) is 8.24. The number of ether oxygens (including phenoxy) is 2. The first kappa shape index (κ1) is 42.8. The normalized spacial score (nSPS) is 22.0. The number of aryl methyl sites for hydroxylation is 1. The summed E-state index contributed by atoms with van der Waals surface area (Å²) in [6.45, 7) is 14.8. The van der Waals surface area contributed by atoms with E-state index in [-0.39, 0.29) is 42.4 Å².